The lowest BCUT2D eigenvalue weighted by Gasteiger charge is -2.01. The minimum atomic E-state index is -0.871. The van der Waals surface area contributed by atoms with Crippen LogP contribution in [0.5, 0.6) is 0 Å². The van der Waals surface area contributed by atoms with Crippen LogP contribution < -0.4 is 5.56 Å². The largest absolute Gasteiger partial charge is 0.481 e. The monoisotopic (exact) mass is 170 g/mol. The quantitative estimate of drug-likeness (QED) is 0.668. The molecule has 66 valence electrons. The van der Waals surface area contributed by atoms with Crippen LogP contribution in [-0.4, -0.2) is 20.9 Å². The van der Waals surface area contributed by atoms with Gasteiger partial charge in [0.1, 0.15) is 0 Å². The normalized spacial score (nSPS) is 10.1. The molecule has 5 heteroatoms. The molecule has 0 atom stereocenters. The molecule has 0 saturated heterocycles. The first-order valence-electron chi connectivity index (χ1n) is 3.58. The minimum Gasteiger partial charge on any atom is -0.481 e. The molecule has 0 bridgehead atoms. The predicted molar refractivity (Wildman–Crippen MR) is 42.0 cm³/mol. The molecule has 1 aromatic rings. The van der Waals surface area contributed by atoms with E-state index < -0.39 is 5.97 Å². The summed E-state index contributed by atoms with van der Waals surface area (Å²) < 4.78 is 1.52. The molecule has 0 unspecified atom stereocenters. The number of aromatic nitrogens is 2. The van der Waals surface area contributed by atoms with Gasteiger partial charge in [-0.05, 0) is 6.92 Å². The van der Waals surface area contributed by atoms with Crippen molar-refractivity contribution in [2.45, 2.75) is 19.9 Å². The molecule has 0 fully saturated rings. The number of carbonyl (C=O) groups is 1. The highest BCUT2D eigenvalue weighted by molar-refractivity contribution is 5.66. The number of nitrogens with one attached hydrogen (secondary N) is 1. The Morgan fingerprint density at radius 2 is 2.42 bits per heavy atom. The second-order valence-electron chi connectivity index (χ2n) is 2.56. The molecule has 0 radical (unpaired) electrons. The van der Waals surface area contributed by atoms with Crippen molar-refractivity contribution in [3.63, 3.8) is 0 Å². The van der Waals surface area contributed by atoms with Crippen LogP contribution in [0.25, 0.3) is 0 Å². The molecule has 0 aliphatic carbocycles. The summed E-state index contributed by atoms with van der Waals surface area (Å²) in [6, 6.07) is 1.43. The Kier molecular flexibility index (Phi) is 2.32. The van der Waals surface area contributed by atoms with Crippen molar-refractivity contribution in [1.82, 2.24) is 9.78 Å². The Hall–Kier alpha value is -1.52. The van der Waals surface area contributed by atoms with Crippen molar-refractivity contribution < 1.29 is 9.90 Å². The van der Waals surface area contributed by atoms with Gasteiger partial charge in [0.15, 0.2) is 0 Å². The SMILES string of the molecule is Cc1cc(=O)[nH]n1CCC(=O)O. The minimum absolute atomic E-state index is 0.0193. The van der Waals surface area contributed by atoms with Crippen LogP contribution in [0.3, 0.4) is 0 Å². The Balaban J connectivity index is 2.69. The summed E-state index contributed by atoms with van der Waals surface area (Å²) in [4.78, 5) is 20.9. The number of nitrogens with zero attached hydrogens (tertiary/aromatic N) is 1. The van der Waals surface area contributed by atoms with Crippen molar-refractivity contribution in [1.29, 1.82) is 0 Å². The van der Waals surface area contributed by atoms with Crippen LogP contribution >= 0.6 is 0 Å². The second kappa shape index (κ2) is 3.25. The van der Waals surface area contributed by atoms with E-state index >= 15 is 0 Å². The van der Waals surface area contributed by atoms with Crippen LogP contribution in [0.2, 0.25) is 0 Å². The molecule has 0 aliphatic rings. The third-order valence-electron chi connectivity index (χ3n) is 1.56. The lowest BCUT2D eigenvalue weighted by molar-refractivity contribution is -0.137. The molecule has 1 aromatic heterocycles. The highest BCUT2D eigenvalue weighted by Crippen LogP contribution is 1.93. The van der Waals surface area contributed by atoms with Crippen molar-refractivity contribution in [3.05, 3.63) is 22.1 Å². The first-order chi connectivity index (χ1) is 5.59. The fourth-order valence-corrected chi connectivity index (χ4v) is 0.961. The van der Waals surface area contributed by atoms with Crippen LogP contribution in [0, 0.1) is 6.92 Å². The third kappa shape index (κ3) is 1.98. The number of aromatic amines is 1. The molecule has 2 N–H and O–H groups in total. The number of carboxylic acids is 1. The Morgan fingerprint density at radius 1 is 1.75 bits per heavy atom. The molecule has 0 saturated carbocycles. The molecule has 0 spiro atoms. The van der Waals surface area contributed by atoms with Gasteiger partial charge in [-0.2, -0.15) is 0 Å². The summed E-state index contributed by atoms with van der Waals surface area (Å²) in [6.07, 6.45) is 0.0193. The fraction of sp³-hybridized carbons (Fsp3) is 0.429. The average Bonchev–Trinajstić information content (AvgIpc) is 2.26. The smallest absolute Gasteiger partial charge is 0.305 e. The van der Waals surface area contributed by atoms with Crippen LogP contribution in [0.1, 0.15) is 12.1 Å². The van der Waals surface area contributed by atoms with Gasteiger partial charge in [-0.15, -0.1) is 0 Å². The van der Waals surface area contributed by atoms with E-state index in [-0.39, 0.29) is 12.0 Å². The van der Waals surface area contributed by atoms with Gasteiger partial charge in [-0.1, -0.05) is 0 Å². The van der Waals surface area contributed by atoms with Crippen molar-refractivity contribution in [2.24, 2.45) is 0 Å². The number of aryl methyl sites for hydroxylation is 2. The maximum absolute atomic E-state index is 10.7. The van der Waals surface area contributed by atoms with Gasteiger partial charge in [-0.3, -0.25) is 19.4 Å². The number of hydrogen-bond acceptors (Lipinski definition) is 2. The standard InChI is InChI=1S/C7H10N2O3/c1-5-4-6(10)8-9(5)3-2-7(11)12/h4H,2-3H2,1H3,(H,8,10)(H,11,12). The van der Waals surface area contributed by atoms with Gasteiger partial charge in [0.2, 0.25) is 0 Å². The first kappa shape index (κ1) is 8.58. The lowest BCUT2D eigenvalue weighted by atomic mass is 10.4. The van der Waals surface area contributed by atoms with E-state index in [9.17, 15) is 9.59 Å². The van der Waals surface area contributed by atoms with Gasteiger partial charge < -0.3 is 5.11 Å². The summed E-state index contributed by atoms with van der Waals surface area (Å²) >= 11 is 0. The molecule has 1 heterocycles. The molecule has 0 aromatic carbocycles. The Labute approximate surface area is 68.6 Å². The average molecular weight is 170 g/mol. The number of aliphatic carboxylic acids is 1. The molecule has 12 heavy (non-hydrogen) atoms. The summed E-state index contributed by atoms with van der Waals surface area (Å²) in [7, 11) is 0. The maximum Gasteiger partial charge on any atom is 0.305 e. The summed E-state index contributed by atoms with van der Waals surface area (Å²) in [5.74, 6) is -0.871. The van der Waals surface area contributed by atoms with Crippen LogP contribution in [0.4, 0.5) is 0 Å². The summed E-state index contributed by atoms with van der Waals surface area (Å²) in [5, 5.41) is 10.9. The number of carboxylic acid groups (broad SMARTS) is 1. The van der Waals surface area contributed by atoms with Crippen LogP contribution in [0.15, 0.2) is 10.9 Å². The molecular weight excluding hydrogens is 160 g/mol. The van der Waals surface area contributed by atoms with Gasteiger partial charge in [-0.25, -0.2) is 0 Å². The fourth-order valence-electron chi connectivity index (χ4n) is 0.961. The van der Waals surface area contributed by atoms with E-state index in [0.29, 0.717) is 6.54 Å². The molecule has 0 amide bonds. The van der Waals surface area contributed by atoms with Gasteiger partial charge in [0.25, 0.3) is 5.56 Å². The lowest BCUT2D eigenvalue weighted by Crippen LogP contribution is -2.09. The summed E-state index contributed by atoms with van der Waals surface area (Å²) in [5.41, 5.74) is 0.555. The maximum atomic E-state index is 10.7. The topological polar surface area (TPSA) is 75.1 Å². The number of H-pyrrole nitrogens is 1. The van der Waals surface area contributed by atoms with E-state index in [2.05, 4.69) is 5.10 Å². The van der Waals surface area contributed by atoms with Gasteiger partial charge >= 0.3 is 5.97 Å². The van der Waals surface area contributed by atoms with Gasteiger partial charge in [0, 0.05) is 18.3 Å². The zero-order valence-electron chi connectivity index (χ0n) is 6.70. The van der Waals surface area contributed by atoms with E-state index in [1.54, 1.807) is 6.92 Å². The third-order valence-corrected chi connectivity index (χ3v) is 1.56. The number of rotatable bonds is 3. The van der Waals surface area contributed by atoms with E-state index in [4.69, 9.17) is 5.11 Å². The number of hydrogen-bond donors (Lipinski definition) is 2. The van der Waals surface area contributed by atoms with E-state index in [1.807, 2.05) is 0 Å². The van der Waals surface area contributed by atoms with Crippen molar-refractivity contribution in [2.75, 3.05) is 0 Å². The van der Waals surface area contributed by atoms with Crippen molar-refractivity contribution >= 4 is 5.97 Å². The molecular formula is C7H10N2O3. The second-order valence-corrected chi connectivity index (χ2v) is 2.56. The zero-order chi connectivity index (χ0) is 9.14. The highest BCUT2D eigenvalue weighted by atomic mass is 16.4. The predicted octanol–water partition coefficient (Wildman–Crippen LogP) is -0.0405. The Morgan fingerprint density at radius 3 is 2.83 bits per heavy atom. The summed E-state index contributed by atoms with van der Waals surface area (Å²) in [6.45, 7) is 2.06. The first-order valence-corrected chi connectivity index (χ1v) is 3.58. The molecule has 1 rings (SSSR count). The molecule has 5 nitrogen and oxygen atoms in total. The van der Waals surface area contributed by atoms with Crippen molar-refractivity contribution in [3.8, 4) is 0 Å². The van der Waals surface area contributed by atoms with E-state index in [0.717, 1.165) is 5.69 Å². The Bertz CT molecular complexity index is 337. The van der Waals surface area contributed by atoms with E-state index in [1.165, 1.54) is 10.7 Å². The van der Waals surface area contributed by atoms with Crippen LogP contribution in [-0.2, 0) is 11.3 Å². The highest BCUT2D eigenvalue weighted by Gasteiger charge is 2.01. The molecule has 0 aliphatic heterocycles. The van der Waals surface area contributed by atoms with Gasteiger partial charge in [0.05, 0.1) is 6.42 Å². The zero-order valence-corrected chi connectivity index (χ0v) is 6.70.